The molecule has 1 unspecified atom stereocenters. The van der Waals surface area contributed by atoms with Crippen LogP contribution in [-0.2, 0) is 10.3 Å². The van der Waals surface area contributed by atoms with Gasteiger partial charge >= 0.3 is 5.97 Å². The lowest BCUT2D eigenvalue weighted by Gasteiger charge is -2.26. The highest BCUT2D eigenvalue weighted by Gasteiger charge is 2.36. The number of carboxylic acid groups (broad SMARTS) is 1. The largest absolute Gasteiger partial charge is 0.479 e. The number of halogens is 1. The number of nitrogens with zero attached hydrogens (tertiary/aromatic N) is 1. The fraction of sp³-hybridized carbons (Fsp3) is 0.143. The summed E-state index contributed by atoms with van der Waals surface area (Å²) >= 11 is 0. The highest BCUT2D eigenvalue weighted by molar-refractivity contribution is 5.83. The van der Waals surface area contributed by atoms with E-state index in [-0.39, 0.29) is 5.69 Å². The number of aromatic nitrogens is 1. The number of benzene rings is 1. The molecule has 0 saturated carbocycles. The molecule has 0 aliphatic heterocycles. The molecule has 5 heteroatoms. The van der Waals surface area contributed by atoms with E-state index < -0.39 is 17.3 Å². The summed E-state index contributed by atoms with van der Waals surface area (Å²) in [4.78, 5) is 15.4. The van der Waals surface area contributed by atoms with Crippen LogP contribution in [0.5, 0.6) is 0 Å². The maximum atomic E-state index is 12.9. The molecule has 4 nitrogen and oxygen atoms in total. The number of hydrogen-bond acceptors (Lipinski definition) is 3. The zero-order chi connectivity index (χ0) is 13.9. The van der Waals surface area contributed by atoms with Crippen molar-refractivity contribution in [2.24, 2.45) is 0 Å². The summed E-state index contributed by atoms with van der Waals surface area (Å²) < 4.78 is 12.9. The third kappa shape index (κ3) is 2.70. The van der Waals surface area contributed by atoms with Gasteiger partial charge in [0.1, 0.15) is 5.82 Å². The van der Waals surface area contributed by atoms with Crippen LogP contribution in [0, 0.1) is 5.82 Å². The number of para-hydroxylation sites is 1. The van der Waals surface area contributed by atoms with Gasteiger partial charge in [-0.05, 0) is 31.2 Å². The Hall–Kier alpha value is -2.43. The van der Waals surface area contributed by atoms with Crippen LogP contribution in [0.1, 0.15) is 12.6 Å². The van der Waals surface area contributed by atoms with Gasteiger partial charge in [-0.15, -0.1) is 0 Å². The molecule has 0 aliphatic rings. The third-order valence-electron chi connectivity index (χ3n) is 2.84. The van der Waals surface area contributed by atoms with Crippen LogP contribution in [-0.4, -0.2) is 16.1 Å². The van der Waals surface area contributed by atoms with Gasteiger partial charge in [0.15, 0.2) is 5.54 Å². The van der Waals surface area contributed by atoms with E-state index in [1.807, 2.05) is 6.07 Å². The number of rotatable bonds is 4. The Kier molecular flexibility index (Phi) is 3.46. The van der Waals surface area contributed by atoms with E-state index in [0.29, 0.717) is 5.69 Å². The molecule has 1 heterocycles. The van der Waals surface area contributed by atoms with Crippen LogP contribution in [0.25, 0.3) is 0 Å². The Labute approximate surface area is 109 Å². The molecule has 2 aromatic rings. The van der Waals surface area contributed by atoms with Crippen molar-refractivity contribution in [1.29, 1.82) is 0 Å². The van der Waals surface area contributed by atoms with Gasteiger partial charge in [0.05, 0.1) is 11.9 Å². The zero-order valence-electron chi connectivity index (χ0n) is 10.3. The van der Waals surface area contributed by atoms with Crippen LogP contribution in [0.2, 0.25) is 0 Å². The second-order valence-corrected chi connectivity index (χ2v) is 4.28. The van der Waals surface area contributed by atoms with Crippen LogP contribution in [0.4, 0.5) is 10.1 Å². The van der Waals surface area contributed by atoms with Gasteiger partial charge in [0.2, 0.25) is 0 Å². The number of carbonyl (C=O) groups is 1. The number of carboxylic acids is 1. The average molecular weight is 260 g/mol. The quantitative estimate of drug-likeness (QED) is 0.887. The minimum Gasteiger partial charge on any atom is -0.479 e. The summed E-state index contributed by atoms with van der Waals surface area (Å²) in [6, 6.07) is 11.5. The first-order chi connectivity index (χ1) is 9.02. The Morgan fingerprint density at radius 2 is 1.95 bits per heavy atom. The minimum absolute atomic E-state index is 0.241. The van der Waals surface area contributed by atoms with Gasteiger partial charge in [-0.3, -0.25) is 4.98 Å². The lowest BCUT2D eigenvalue weighted by atomic mass is 9.96. The van der Waals surface area contributed by atoms with Crippen molar-refractivity contribution in [3.8, 4) is 0 Å². The molecular weight excluding hydrogens is 247 g/mol. The Bertz CT molecular complexity index is 572. The Morgan fingerprint density at radius 3 is 2.47 bits per heavy atom. The molecule has 1 aromatic carbocycles. The molecule has 98 valence electrons. The van der Waals surface area contributed by atoms with E-state index in [0.717, 1.165) is 6.20 Å². The normalized spacial score (nSPS) is 13.6. The first-order valence-corrected chi connectivity index (χ1v) is 5.71. The van der Waals surface area contributed by atoms with Crippen molar-refractivity contribution in [3.63, 3.8) is 0 Å². The summed E-state index contributed by atoms with van der Waals surface area (Å²) in [5.74, 6) is -1.59. The highest BCUT2D eigenvalue weighted by Crippen LogP contribution is 2.25. The summed E-state index contributed by atoms with van der Waals surface area (Å²) in [5.41, 5.74) is -0.529. The van der Waals surface area contributed by atoms with Gasteiger partial charge < -0.3 is 10.4 Å². The Morgan fingerprint density at radius 1 is 1.26 bits per heavy atom. The topological polar surface area (TPSA) is 62.2 Å². The molecular formula is C14H13FN2O2. The van der Waals surface area contributed by atoms with Crippen molar-refractivity contribution in [1.82, 2.24) is 4.98 Å². The molecule has 0 bridgehead atoms. The van der Waals surface area contributed by atoms with Gasteiger partial charge in [-0.2, -0.15) is 0 Å². The third-order valence-corrected chi connectivity index (χ3v) is 2.84. The molecule has 1 aromatic heterocycles. The Balaban J connectivity index is 2.38. The van der Waals surface area contributed by atoms with Crippen LogP contribution in [0.15, 0.2) is 48.7 Å². The lowest BCUT2D eigenvalue weighted by molar-refractivity contribution is -0.142. The first kappa shape index (κ1) is 13.0. The van der Waals surface area contributed by atoms with Crippen LogP contribution >= 0.6 is 0 Å². The van der Waals surface area contributed by atoms with E-state index in [9.17, 15) is 14.3 Å². The standard InChI is InChI=1S/C14H13FN2O2/c1-14(13(18)19,12-8-7-10(15)9-16-12)17-11-5-3-2-4-6-11/h2-9,17H,1H3,(H,18,19). The van der Waals surface area contributed by atoms with E-state index in [1.165, 1.54) is 19.1 Å². The fourth-order valence-electron chi connectivity index (χ4n) is 1.71. The molecule has 2 rings (SSSR count). The number of nitrogens with one attached hydrogen (secondary N) is 1. The van der Waals surface area contributed by atoms with Gasteiger partial charge in [0.25, 0.3) is 0 Å². The van der Waals surface area contributed by atoms with Crippen molar-refractivity contribution in [2.45, 2.75) is 12.5 Å². The fourth-order valence-corrected chi connectivity index (χ4v) is 1.71. The molecule has 2 N–H and O–H groups in total. The van der Waals surface area contributed by atoms with Gasteiger partial charge in [0, 0.05) is 5.69 Å². The van der Waals surface area contributed by atoms with Gasteiger partial charge in [-0.1, -0.05) is 18.2 Å². The van der Waals surface area contributed by atoms with Crippen molar-refractivity contribution in [2.75, 3.05) is 5.32 Å². The number of aliphatic carboxylic acids is 1. The average Bonchev–Trinajstić information content (AvgIpc) is 2.40. The lowest BCUT2D eigenvalue weighted by Crippen LogP contribution is -2.41. The minimum atomic E-state index is -1.42. The summed E-state index contributed by atoms with van der Waals surface area (Å²) in [6.07, 6.45) is 1.00. The molecule has 0 amide bonds. The van der Waals surface area contributed by atoms with E-state index >= 15 is 0 Å². The molecule has 0 aliphatic carbocycles. The summed E-state index contributed by atoms with van der Waals surface area (Å²) in [6.45, 7) is 1.49. The van der Waals surface area contributed by atoms with Gasteiger partial charge in [-0.25, -0.2) is 9.18 Å². The second kappa shape index (κ2) is 5.06. The molecule has 1 atom stereocenters. The maximum Gasteiger partial charge on any atom is 0.335 e. The number of hydrogen-bond donors (Lipinski definition) is 2. The predicted molar refractivity (Wildman–Crippen MR) is 69.2 cm³/mol. The van der Waals surface area contributed by atoms with Crippen molar-refractivity contribution in [3.05, 3.63) is 60.2 Å². The highest BCUT2D eigenvalue weighted by atomic mass is 19.1. The van der Waals surface area contributed by atoms with Crippen LogP contribution < -0.4 is 5.32 Å². The molecule has 0 saturated heterocycles. The predicted octanol–water partition coefficient (Wildman–Crippen LogP) is 2.63. The van der Waals surface area contributed by atoms with E-state index in [2.05, 4.69) is 10.3 Å². The van der Waals surface area contributed by atoms with E-state index in [4.69, 9.17) is 0 Å². The monoisotopic (exact) mass is 260 g/mol. The number of anilines is 1. The second-order valence-electron chi connectivity index (χ2n) is 4.28. The first-order valence-electron chi connectivity index (χ1n) is 5.71. The molecule has 0 radical (unpaired) electrons. The number of pyridine rings is 1. The molecule has 0 fully saturated rings. The SMILES string of the molecule is CC(Nc1ccccc1)(C(=O)O)c1ccc(F)cn1. The van der Waals surface area contributed by atoms with Crippen molar-refractivity contribution < 1.29 is 14.3 Å². The van der Waals surface area contributed by atoms with E-state index in [1.54, 1.807) is 24.3 Å². The zero-order valence-corrected chi connectivity index (χ0v) is 10.3. The summed E-state index contributed by atoms with van der Waals surface area (Å²) in [7, 11) is 0. The maximum absolute atomic E-state index is 12.9. The van der Waals surface area contributed by atoms with Crippen LogP contribution in [0.3, 0.4) is 0 Å². The molecule has 19 heavy (non-hydrogen) atoms. The van der Waals surface area contributed by atoms with Crippen molar-refractivity contribution >= 4 is 11.7 Å². The smallest absolute Gasteiger partial charge is 0.335 e. The summed E-state index contributed by atoms with van der Waals surface area (Å²) in [5, 5.41) is 12.3. The molecule has 0 spiro atoms.